The lowest BCUT2D eigenvalue weighted by atomic mass is 9.89. The molecule has 21 heavy (non-hydrogen) atoms. The first-order valence-corrected chi connectivity index (χ1v) is 6.41. The van der Waals surface area contributed by atoms with Gasteiger partial charge >= 0.3 is 5.97 Å². The standard InChI is InChI=1S/C15H11NO5/c1-3-20-15(19)9-7(2)21-14-10(9)12(17)8-5-4-6-16-11(8)13(14)18/h4-6H,3H2,1-2H3. The fraction of sp³-hybridized carbons (Fsp3) is 0.200. The van der Waals surface area contributed by atoms with Crippen LogP contribution in [0.5, 0.6) is 0 Å². The van der Waals surface area contributed by atoms with Crippen molar-refractivity contribution in [3.8, 4) is 0 Å². The molecule has 0 saturated heterocycles. The fourth-order valence-corrected chi connectivity index (χ4v) is 2.38. The van der Waals surface area contributed by atoms with Crippen molar-refractivity contribution in [1.29, 1.82) is 0 Å². The van der Waals surface area contributed by atoms with Crippen LogP contribution in [0.25, 0.3) is 0 Å². The van der Waals surface area contributed by atoms with Crippen LogP contribution >= 0.6 is 0 Å². The van der Waals surface area contributed by atoms with E-state index in [1.165, 1.54) is 19.2 Å². The van der Waals surface area contributed by atoms with Crippen LogP contribution in [0.2, 0.25) is 0 Å². The van der Waals surface area contributed by atoms with Gasteiger partial charge in [-0.05, 0) is 26.0 Å². The number of ether oxygens (including phenoxy) is 1. The summed E-state index contributed by atoms with van der Waals surface area (Å²) >= 11 is 0. The van der Waals surface area contributed by atoms with Crippen LogP contribution in [0.4, 0.5) is 0 Å². The lowest BCUT2D eigenvalue weighted by Gasteiger charge is -2.12. The highest BCUT2D eigenvalue weighted by atomic mass is 16.5. The lowest BCUT2D eigenvalue weighted by Crippen LogP contribution is -2.23. The molecule has 6 nitrogen and oxygen atoms in total. The Balaban J connectivity index is 2.24. The van der Waals surface area contributed by atoms with Gasteiger partial charge in [0.2, 0.25) is 5.78 Å². The smallest absolute Gasteiger partial charge is 0.342 e. The van der Waals surface area contributed by atoms with Gasteiger partial charge in [-0.15, -0.1) is 0 Å². The van der Waals surface area contributed by atoms with Gasteiger partial charge in [0.25, 0.3) is 0 Å². The molecule has 0 atom stereocenters. The molecule has 0 N–H and O–H groups in total. The number of rotatable bonds is 2. The Hall–Kier alpha value is -2.76. The maximum Gasteiger partial charge on any atom is 0.342 e. The average Bonchev–Trinajstić information content (AvgIpc) is 2.83. The molecule has 0 spiro atoms. The van der Waals surface area contributed by atoms with E-state index in [0.29, 0.717) is 0 Å². The number of carbonyl (C=O) groups is 3. The van der Waals surface area contributed by atoms with Crippen LogP contribution in [0.1, 0.15) is 55.2 Å². The Kier molecular flexibility index (Phi) is 2.94. The Labute approximate surface area is 119 Å². The number of fused-ring (bicyclic) bond motifs is 2. The van der Waals surface area contributed by atoms with Gasteiger partial charge in [0.15, 0.2) is 11.5 Å². The lowest BCUT2D eigenvalue weighted by molar-refractivity contribution is 0.0521. The molecule has 0 bridgehead atoms. The van der Waals surface area contributed by atoms with E-state index in [0.717, 1.165) is 0 Å². The summed E-state index contributed by atoms with van der Waals surface area (Å²) < 4.78 is 10.3. The van der Waals surface area contributed by atoms with Crippen LogP contribution in [0.3, 0.4) is 0 Å². The maximum absolute atomic E-state index is 12.5. The molecule has 0 unspecified atom stereocenters. The topological polar surface area (TPSA) is 86.5 Å². The molecule has 0 saturated carbocycles. The third kappa shape index (κ3) is 1.79. The van der Waals surface area contributed by atoms with E-state index in [2.05, 4.69) is 4.98 Å². The summed E-state index contributed by atoms with van der Waals surface area (Å²) in [6.45, 7) is 3.34. The molecule has 0 aliphatic heterocycles. The van der Waals surface area contributed by atoms with E-state index < -0.39 is 17.5 Å². The number of carbonyl (C=O) groups excluding carboxylic acids is 3. The number of hydrogen-bond acceptors (Lipinski definition) is 6. The molecule has 6 heteroatoms. The molecule has 1 aliphatic carbocycles. The highest BCUT2D eigenvalue weighted by Crippen LogP contribution is 2.32. The van der Waals surface area contributed by atoms with E-state index >= 15 is 0 Å². The number of pyridine rings is 1. The van der Waals surface area contributed by atoms with Crippen molar-refractivity contribution < 1.29 is 23.5 Å². The molecule has 2 aromatic rings. The van der Waals surface area contributed by atoms with Crippen molar-refractivity contribution in [2.75, 3.05) is 6.61 Å². The van der Waals surface area contributed by atoms with Gasteiger partial charge < -0.3 is 9.15 Å². The SMILES string of the molecule is CCOC(=O)c1c(C)oc2c1C(=O)c1cccnc1C2=O. The van der Waals surface area contributed by atoms with Crippen molar-refractivity contribution in [2.24, 2.45) is 0 Å². The Morgan fingerprint density at radius 2 is 2.10 bits per heavy atom. The van der Waals surface area contributed by atoms with Gasteiger partial charge in [0.05, 0.1) is 17.7 Å². The zero-order valence-corrected chi connectivity index (χ0v) is 11.4. The zero-order chi connectivity index (χ0) is 15.1. The first kappa shape index (κ1) is 13.2. The van der Waals surface area contributed by atoms with Crippen LogP contribution in [-0.4, -0.2) is 29.1 Å². The normalized spacial score (nSPS) is 12.9. The minimum atomic E-state index is -0.673. The van der Waals surface area contributed by atoms with Gasteiger partial charge in [-0.2, -0.15) is 0 Å². The molecule has 2 heterocycles. The van der Waals surface area contributed by atoms with Gasteiger partial charge in [-0.25, -0.2) is 4.79 Å². The number of nitrogens with zero attached hydrogens (tertiary/aromatic N) is 1. The number of aryl methyl sites for hydroxylation is 1. The predicted octanol–water partition coefficient (Wildman–Crippen LogP) is 1.94. The van der Waals surface area contributed by atoms with Crippen molar-refractivity contribution in [3.05, 3.63) is 52.2 Å². The van der Waals surface area contributed by atoms with Crippen LogP contribution in [-0.2, 0) is 4.74 Å². The summed E-state index contributed by atoms with van der Waals surface area (Å²) in [4.78, 5) is 40.8. The molecule has 0 amide bonds. The summed E-state index contributed by atoms with van der Waals surface area (Å²) in [5.74, 6) is -1.58. The molecule has 3 rings (SSSR count). The zero-order valence-electron chi connectivity index (χ0n) is 11.4. The monoisotopic (exact) mass is 285 g/mol. The molecule has 106 valence electrons. The van der Waals surface area contributed by atoms with Gasteiger partial charge in [0, 0.05) is 6.20 Å². The molecule has 0 radical (unpaired) electrons. The van der Waals surface area contributed by atoms with Crippen molar-refractivity contribution in [3.63, 3.8) is 0 Å². The number of hydrogen-bond donors (Lipinski definition) is 0. The maximum atomic E-state index is 12.5. The van der Waals surface area contributed by atoms with Crippen LogP contribution < -0.4 is 0 Å². The van der Waals surface area contributed by atoms with Crippen molar-refractivity contribution in [1.82, 2.24) is 4.98 Å². The molecular formula is C15H11NO5. The Bertz CT molecular complexity index is 787. The fourth-order valence-electron chi connectivity index (χ4n) is 2.38. The summed E-state index contributed by atoms with van der Waals surface area (Å²) in [5.41, 5.74) is 0.191. The molecule has 0 aromatic carbocycles. The first-order valence-electron chi connectivity index (χ1n) is 6.41. The highest BCUT2D eigenvalue weighted by molar-refractivity contribution is 6.29. The van der Waals surface area contributed by atoms with Crippen LogP contribution in [0, 0.1) is 6.92 Å². The Morgan fingerprint density at radius 3 is 2.81 bits per heavy atom. The summed E-state index contributed by atoms with van der Waals surface area (Å²) in [5, 5.41) is 0. The van der Waals surface area contributed by atoms with E-state index in [1.807, 2.05) is 0 Å². The van der Waals surface area contributed by atoms with Crippen molar-refractivity contribution in [2.45, 2.75) is 13.8 Å². The third-order valence-corrected chi connectivity index (χ3v) is 3.26. The van der Waals surface area contributed by atoms with E-state index in [1.54, 1.807) is 13.0 Å². The quantitative estimate of drug-likeness (QED) is 0.669. The Morgan fingerprint density at radius 1 is 1.33 bits per heavy atom. The second-order valence-electron chi connectivity index (χ2n) is 4.52. The molecule has 1 aliphatic rings. The van der Waals surface area contributed by atoms with E-state index in [9.17, 15) is 14.4 Å². The minimum Gasteiger partial charge on any atom is -0.462 e. The number of esters is 1. The average molecular weight is 285 g/mol. The van der Waals surface area contributed by atoms with Crippen molar-refractivity contribution >= 4 is 17.5 Å². The second-order valence-corrected chi connectivity index (χ2v) is 4.52. The van der Waals surface area contributed by atoms with Gasteiger partial charge in [-0.1, -0.05) is 0 Å². The van der Waals surface area contributed by atoms with Gasteiger partial charge in [0.1, 0.15) is 17.0 Å². The van der Waals surface area contributed by atoms with Crippen LogP contribution in [0.15, 0.2) is 22.7 Å². The number of furan rings is 1. The number of ketones is 2. The minimum absolute atomic E-state index is 0.0136. The largest absolute Gasteiger partial charge is 0.462 e. The first-order chi connectivity index (χ1) is 10.1. The molecule has 0 fully saturated rings. The molecular weight excluding hydrogens is 274 g/mol. The van der Waals surface area contributed by atoms with E-state index in [-0.39, 0.29) is 40.5 Å². The summed E-state index contributed by atoms with van der Waals surface area (Å²) in [7, 11) is 0. The third-order valence-electron chi connectivity index (χ3n) is 3.26. The molecule has 2 aromatic heterocycles. The predicted molar refractivity (Wildman–Crippen MR) is 70.5 cm³/mol. The summed E-state index contributed by atoms with van der Waals surface area (Å²) in [6, 6.07) is 3.06. The summed E-state index contributed by atoms with van der Waals surface area (Å²) in [6.07, 6.45) is 1.43. The number of aromatic nitrogens is 1. The second kappa shape index (κ2) is 4.66. The van der Waals surface area contributed by atoms with Gasteiger partial charge in [-0.3, -0.25) is 14.6 Å². The highest BCUT2D eigenvalue weighted by Gasteiger charge is 2.39. The van der Waals surface area contributed by atoms with E-state index in [4.69, 9.17) is 9.15 Å².